The number of aliphatic hydroxyl groups is 1. The van der Waals surface area contributed by atoms with Crippen molar-refractivity contribution in [2.24, 2.45) is 0 Å². The van der Waals surface area contributed by atoms with Gasteiger partial charge in [-0.15, -0.1) is 6.58 Å². The summed E-state index contributed by atoms with van der Waals surface area (Å²) in [5.41, 5.74) is 3.79. The predicted octanol–water partition coefficient (Wildman–Crippen LogP) is 3.43. The second kappa shape index (κ2) is 6.26. The van der Waals surface area contributed by atoms with Crippen LogP contribution in [0.2, 0.25) is 0 Å². The molecule has 0 amide bonds. The number of hydrogen-bond donors (Lipinski definition) is 1. The fourth-order valence-electron chi connectivity index (χ4n) is 2.79. The number of rotatable bonds is 5. The van der Waals surface area contributed by atoms with E-state index in [2.05, 4.69) is 47.1 Å². The Bertz CT molecular complexity index is 546. The summed E-state index contributed by atoms with van der Waals surface area (Å²) in [5, 5.41) is 10.1. The average molecular weight is 302 g/mol. The van der Waals surface area contributed by atoms with Crippen molar-refractivity contribution in [3.8, 4) is 0 Å². The number of benzene rings is 1. The lowest BCUT2D eigenvalue weighted by molar-refractivity contribution is 0.219. The van der Waals surface area contributed by atoms with Crippen LogP contribution in [-0.2, 0) is 0 Å². The van der Waals surface area contributed by atoms with Crippen molar-refractivity contribution >= 4 is 17.6 Å². The molecule has 1 aromatic rings. The van der Waals surface area contributed by atoms with Crippen LogP contribution in [0.4, 0.5) is 5.69 Å². The molecule has 0 aromatic heterocycles. The van der Waals surface area contributed by atoms with Gasteiger partial charge in [-0.3, -0.25) is 0 Å². The Morgan fingerprint density at radius 2 is 2.10 bits per heavy atom. The summed E-state index contributed by atoms with van der Waals surface area (Å²) in [5.74, 6) is 0. The second-order valence-electron chi connectivity index (χ2n) is 5.63. The van der Waals surface area contributed by atoms with Crippen molar-refractivity contribution in [1.82, 2.24) is 4.31 Å². The van der Waals surface area contributed by atoms with E-state index in [-0.39, 0.29) is 6.10 Å². The van der Waals surface area contributed by atoms with Crippen LogP contribution in [0.15, 0.2) is 53.1 Å². The molecule has 0 bridgehead atoms. The van der Waals surface area contributed by atoms with Gasteiger partial charge in [0.1, 0.15) is 0 Å². The number of allylic oxidation sites excluding steroid dienone is 1. The minimum Gasteiger partial charge on any atom is -0.387 e. The largest absolute Gasteiger partial charge is 0.387 e. The molecular weight excluding hydrogens is 280 g/mol. The smallest absolute Gasteiger partial charge is 0.0956 e. The van der Waals surface area contributed by atoms with Crippen molar-refractivity contribution in [3.05, 3.63) is 48.2 Å². The van der Waals surface area contributed by atoms with Gasteiger partial charge in [0.15, 0.2) is 0 Å². The third-order valence-corrected chi connectivity index (χ3v) is 4.83. The van der Waals surface area contributed by atoms with Gasteiger partial charge in [0, 0.05) is 29.4 Å². The van der Waals surface area contributed by atoms with E-state index in [1.165, 1.54) is 21.9 Å². The van der Waals surface area contributed by atoms with E-state index < -0.39 is 0 Å². The highest BCUT2D eigenvalue weighted by Crippen LogP contribution is 2.40. The fraction of sp³-hybridized carbons (Fsp3) is 0.412. The van der Waals surface area contributed by atoms with Crippen LogP contribution in [0.3, 0.4) is 0 Å². The van der Waals surface area contributed by atoms with E-state index in [4.69, 9.17) is 0 Å². The monoisotopic (exact) mass is 302 g/mol. The van der Waals surface area contributed by atoms with E-state index in [9.17, 15) is 5.11 Å². The van der Waals surface area contributed by atoms with Crippen molar-refractivity contribution in [2.75, 3.05) is 25.0 Å². The molecule has 0 spiro atoms. The summed E-state index contributed by atoms with van der Waals surface area (Å²) in [7, 11) is 2.06. The van der Waals surface area contributed by atoms with Gasteiger partial charge < -0.3 is 10.0 Å². The van der Waals surface area contributed by atoms with Gasteiger partial charge in [0.05, 0.1) is 6.10 Å². The molecule has 1 atom stereocenters. The third kappa shape index (κ3) is 3.34. The molecule has 3 rings (SSSR count). The topological polar surface area (TPSA) is 26.7 Å². The quantitative estimate of drug-likeness (QED) is 0.666. The molecular formula is C17H22N2OS. The molecule has 112 valence electrons. The first-order chi connectivity index (χ1) is 10.2. The number of likely N-dealkylation sites (N-methyl/N-ethyl adjacent to an activating group) is 1. The molecule has 1 aliphatic heterocycles. The Labute approximate surface area is 131 Å². The maximum Gasteiger partial charge on any atom is 0.0956 e. The maximum absolute atomic E-state index is 10.1. The van der Waals surface area contributed by atoms with Crippen molar-refractivity contribution in [2.45, 2.75) is 30.3 Å². The van der Waals surface area contributed by atoms with Gasteiger partial charge in [-0.05, 0) is 68.1 Å². The van der Waals surface area contributed by atoms with Gasteiger partial charge in [0.2, 0.25) is 0 Å². The zero-order valence-corrected chi connectivity index (χ0v) is 13.3. The minimum absolute atomic E-state index is 0.268. The maximum atomic E-state index is 10.1. The Hall–Kier alpha value is -1.23. The highest BCUT2D eigenvalue weighted by molar-refractivity contribution is 7.97. The van der Waals surface area contributed by atoms with E-state index >= 15 is 0 Å². The number of hydrogen-bond acceptors (Lipinski definition) is 4. The Morgan fingerprint density at radius 3 is 2.71 bits per heavy atom. The molecule has 1 aromatic carbocycles. The van der Waals surface area contributed by atoms with Crippen LogP contribution >= 0.6 is 11.9 Å². The normalized spacial score (nSPS) is 21.3. The Morgan fingerprint density at radius 1 is 1.38 bits per heavy atom. The molecule has 0 unspecified atom stereocenters. The summed E-state index contributed by atoms with van der Waals surface area (Å²) >= 11 is 1.72. The van der Waals surface area contributed by atoms with Crippen LogP contribution in [0.25, 0.3) is 0 Å². The zero-order valence-electron chi connectivity index (χ0n) is 12.5. The lowest BCUT2D eigenvalue weighted by Gasteiger charge is -2.22. The number of aliphatic hydroxyl groups excluding tert-OH is 1. The molecule has 3 nitrogen and oxygen atoms in total. The van der Waals surface area contributed by atoms with E-state index in [1.54, 1.807) is 11.9 Å². The van der Waals surface area contributed by atoms with E-state index in [0.717, 1.165) is 32.4 Å². The first kappa shape index (κ1) is 14.7. The molecule has 21 heavy (non-hydrogen) atoms. The van der Waals surface area contributed by atoms with Crippen LogP contribution < -0.4 is 4.90 Å². The highest BCUT2D eigenvalue weighted by atomic mass is 32.2. The number of anilines is 1. The standard InChI is InChI=1S/C17H22N2OS/c1-3-11-18(2)21-15-8-6-14(7-9-15)19-12-10-16(20)17(19)13-4-5-13/h3,6-9,16,20H,1,4-5,10-12H2,2H3/t16-/m1/s1. The lowest BCUT2D eigenvalue weighted by atomic mass is 10.2. The molecule has 2 fully saturated rings. The van der Waals surface area contributed by atoms with Crippen molar-refractivity contribution in [3.63, 3.8) is 0 Å². The van der Waals surface area contributed by atoms with Gasteiger partial charge in [-0.2, -0.15) is 0 Å². The molecule has 2 aliphatic rings. The molecule has 0 radical (unpaired) electrons. The Kier molecular flexibility index (Phi) is 4.38. The van der Waals surface area contributed by atoms with Crippen LogP contribution in [0.1, 0.15) is 19.3 Å². The molecule has 4 heteroatoms. The summed E-state index contributed by atoms with van der Waals surface area (Å²) in [6, 6.07) is 8.62. The fourth-order valence-corrected chi connectivity index (χ4v) is 3.59. The van der Waals surface area contributed by atoms with Gasteiger partial charge in [0.25, 0.3) is 0 Å². The van der Waals surface area contributed by atoms with Crippen LogP contribution in [0, 0.1) is 0 Å². The Balaban J connectivity index is 1.72. The number of nitrogens with zero attached hydrogens (tertiary/aromatic N) is 2. The third-order valence-electron chi connectivity index (χ3n) is 3.89. The predicted molar refractivity (Wildman–Crippen MR) is 89.4 cm³/mol. The molecule has 1 saturated carbocycles. The second-order valence-corrected chi connectivity index (χ2v) is 6.91. The van der Waals surface area contributed by atoms with Crippen LogP contribution in [0.5, 0.6) is 0 Å². The molecule has 1 heterocycles. The minimum atomic E-state index is -0.268. The highest BCUT2D eigenvalue weighted by Gasteiger charge is 2.33. The first-order valence-electron chi connectivity index (χ1n) is 7.46. The lowest BCUT2D eigenvalue weighted by Crippen LogP contribution is -2.19. The van der Waals surface area contributed by atoms with Crippen molar-refractivity contribution in [1.29, 1.82) is 0 Å². The summed E-state index contributed by atoms with van der Waals surface area (Å²) < 4.78 is 2.15. The van der Waals surface area contributed by atoms with Gasteiger partial charge in [-0.1, -0.05) is 6.08 Å². The molecule has 1 saturated heterocycles. The first-order valence-corrected chi connectivity index (χ1v) is 8.24. The van der Waals surface area contributed by atoms with Gasteiger partial charge >= 0.3 is 0 Å². The molecule has 1 aliphatic carbocycles. The zero-order chi connectivity index (χ0) is 14.8. The van der Waals surface area contributed by atoms with Crippen molar-refractivity contribution < 1.29 is 5.11 Å². The van der Waals surface area contributed by atoms with Crippen LogP contribution in [-0.4, -0.2) is 35.7 Å². The van der Waals surface area contributed by atoms with E-state index in [0.29, 0.717) is 0 Å². The van der Waals surface area contributed by atoms with Gasteiger partial charge in [-0.25, -0.2) is 4.31 Å². The van der Waals surface area contributed by atoms with E-state index in [1.807, 2.05) is 6.08 Å². The average Bonchev–Trinajstić information content (AvgIpc) is 3.23. The molecule has 1 N–H and O–H groups in total. The summed E-state index contributed by atoms with van der Waals surface area (Å²) in [4.78, 5) is 3.51. The SMILES string of the molecule is C=CCN(C)Sc1ccc(N2CC[C@@H](O)C2=C2CC2)cc1. The summed E-state index contributed by atoms with van der Waals surface area (Å²) in [6.07, 6.45) is 4.79. The summed E-state index contributed by atoms with van der Waals surface area (Å²) in [6.45, 7) is 5.54.